The zero-order chi connectivity index (χ0) is 24.6. The standard InChI is InChI=1S/C23H16F5N3O3/c1-33-15-6-2-12(3-7-15)18-19(29)20-17(10-13(11-30-20)23(26,27)28)31(21(18)32)14-4-8-16(9-5-14)34-22(24)25/h2-11,22H,29H2,1H3. The largest absolute Gasteiger partial charge is 0.497 e. The molecule has 0 atom stereocenters. The molecule has 34 heavy (non-hydrogen) atoms. The Morgan fingerprint density at radius 1 is 1.00 bits per heavy atom. The number of anilines is 1. The van der Waals surface area contributed by atoms with Crippen molar-refractivity contribution in [3.05, 3.63) is 76.7 Å². The summed E-state index contributed by atoms with van der Waals surface area (Å²) < 4.78 is 75.6. The zero-order valence-corrected chi connectivity index (χ0v) is 17.4. The van der Waals surface area contributed by atoms with Crippen molar-refractivity contribution in [2.75, 3.05) is 12.8 Å². The molecule has 2 aromatic carbocycles. The Morgan fingerprint density at radius 2 is 1.62 bits per heavy atom. The molecule has 2 heterocycles. The number of fused-ring (bicyclic) bond motifs is 1. The lowest BCUT2D eigenvalue weighted by atomic mass is 10.0. The highest BCUT2D eigenvalue weighted by molar-refractivity contribution is 5.96. The van der Waals surface area contributed by atoms with E-state index in [1.54, 1.807) is 24.3 Å². The molecule has 4 aromatic rings. The van der Waals surface area contributed by atoms with Gasteiger partial charge in [0.05, 0.1) is 29.4 Å². The van der Waals surface area contributed by atoms with E-state index >= 15 is 0 Å². The summed E-state index contributed by atoms with van der Waals surface area (Å²) in [5.41, 5.74) is 4.58. The second kappa shape index (κ2) is 8.65. The van der Waals surface area contributed by atoms with Crippen molar-refractivity contribution in [3.63, 3.8) is 0 Å². The number of methoxy groups -OCH3 is 1. The predicted molar refractivity (Wildman–Crippen MR) is 115 cm³/mol. The number of ether oxygens (including phenoxy) is 2. The van der Waals surface area contributed by atoms with Crippen molar-refractivity contribution >= 4 is 16.7 Å². The lowest BCUT2D eigenvalue weighted by molar-refractivity contribution is -0.137. The van der Waals surface area contributed by atoms with E-state index in [-0.39, 0.29) is 33.7 Å². The molecule has 0 radical (unpaired) electrons. The molecular formula is C23H16F5N3O3. The average molecular weight is 477 g/mol. The van der Waals surface area contributed by atoms with E-state index < -0.39 is 23.9 Å². The summed E-state index contributed by atoms with van der Waals surface area (Å²) in [6, 6.07) is 12.0. The Bertz CT molecular complexity index is 1400. The normalized spacial score (nSPS) is 11.7. The highest BCUT2D eigenvalue weighted by Crippen LogP contribution is 2.35. The Kier molecular flexibility index (Phi) is 5.86. The summed E-state index contributed by atoms with van der Waals surface area (Å²) in [7, 11) is 1.47. The first kappa shape index (κ1) is 23.0. The van der Waals surface area contributed by atoms with Crippen molar-refractivity contribution in [1.29, 1.82) is 0 Å². The van der Waals surface area contributed by atoms with Crippen LogP contribution in [0, 0.1) is 0 Å². The third-order valence-corrected chi connectivity index (χ3v) is 5.08. The Balaban J connectivity index is 2.03. The first-order chi connectivity index (χ1) is 16.1. The smallest absolute Gasteiger partial charge is 0.417 e. The number of aromatic nitrogens is 2. The van der Waals surface area contributed by atoms with Crippen molar-refractivity contribution in [2.45, 2.75) is 12.8 Å². The highest BCUT2D eigenvalue weighted by atomic mass is 19.4. The Labute approximate surface area is 189 Å². The van der Waals surface area contributed by atoms with Crippen LogP contribution in [0.1, 0.15) is 5.56 Å². The minimum atomic E-state index is -4.72. The van der Waals surface area contributed by atoms with E-state index in [1.165, 1.54) is 31.4 Å². The molecule has 0 saturated carbocycles. The first-order valence-corrected chi connectivity index (χ1v) is 9.71. The van der Waals surface area contributed by atoms with E-state index in [9.17, 15) is 26.7 Å². The maximum atomic E-state index is 13.6. The molecular weight excluding hydrogens is 461 g/mol. The van der Waals surface area contributed by atoms with Gasteiger partial charge >= 0.3 is 12.8 Å². The molecule has 0 amide bonds. The quantitative estimate of drug-likeness (QED) is 0.397. The van der Waals surface area contributed by atoms with Gasteiger partial charge in [-0.3, -0.25) is 14.3 Å². The molecule has 0 aliphatic heterocycles. The number of hydrogen-bond acceptors (Lipinski definition) is 5. The first-order valence-electron chi connectivity index (χ1n) is 9.71. The van der Waals surface area contributed by atoms with Crippen LogP contribution < -0.4 is 20.8 Å². The number of rotatable bonds is 5. The summed E-state index contributed by atoms with van der Waals surface area (Å²) >= 11 is 0. The van der Waals surface area contributed by atoms with Gasteiger partial charge in [-0.05, 0) is 48.0 Å². The third-order valence-electron chi connectivity index (χ3n) is 5.08. The third kappa shape index (κ3) is 4.24. The molecule has 176 valence electrons. The molecule has 0 unspecified atom stereocenters. The summed E-state index contributed by atoms with van der Waals surface area (Å²) in [5, 5.41) is 0. The van der Waals surface area contributed by atoms with Crippen LogP contribution >= 0.6 is 0 Å². The topological polar surface area (TPSA) is 79.4 Å². The van der Waals surface area contributed by atoms with E-state index in [4.69, 9.17) is 10.5 Å². The minimum absolute atomic E-state index is 0.00955. The van der Waals surface area contributed by atoms with E-state index in [1.807, 2.05) is 0 Å². The number of benzene rings is 2. The molecule has 0 fully saturated rings. The van der Waals surface area contributed by atoms with Gasteiger partial charge in [0.15, 0.2) is 0 Å². The van der Waals surface area contributed by atoms with Crippen LogP contribution in [0.15, 0.2) is 65.6 Å². The van der Waals surface area contributed by atoms with Gasteiger partial charge in [-0.1, -0.05) is 12.1 Å². The van der Waals surface area contributed by atoms with Gasteiger partial charge in [-0.15, -0.1) is 0 Å². The van der Waals surface area contributed by atoms with Crippen molar-refractivity contribution in [1.82, 2.24) is 9.55 Å². The lowest BCUT2D eigenvalue weighted by Crippen LogP contribution is -2.23. The van der Waals surface area contributed by atoms with Gasteiger partial charge in [0, 0.05) is 11.9 Å². The molecule has 0 aliphatic rings. The molecule has 0 saturated heterocycles. The fourth-order valence-electron chi connectivity index (χ4n) is 3.51. The van der Waals surface area contributed by atoms with Crippen molar-refractivity contribution < 1.29 is 31.4 Å². The van der Waals surface area contributed by atoms with Crippen LogP contribution in [-0.2, 0) is 6.18 Å². The molecule has 0 bridgehead atoms. The van der Waals surface area contributed by atoms with Gasteiger partial charge in [0.2, 0.25) is 0 Å². The summed E-state index contributed by atoms with van der Waals surface area (Å²) in [6.45, 7) is -3.06. The van der Waals surface area contributed by atoms with Gasteiger partial charge < -0.3 is 15.2 Å². The zero-order valence-electron chi connectivity index (χ0n) is 17.4. The van der Waals surface area contributed by atoms with Crippen molar-refractivity contribution in [2.24, 2.45) is 0 Å². The van der Waals surface area contributed by atoms with Gasteiger partial charge in [-0.2, -0.15) is 22.0 Å². The number of nitrogen functional groups attached to an aromatic ring is 1. The van der Waals surface area contributed by atoms with Crippen LogP contribution in [0.5, 0.6) is 11.5 Å². The predicted octanol–water partition coefficient (Wildman–Crippen LogP) is 5.26. The Hall–Kier alpha value is -4.15. The van der Waals surface area contributed by atoms with Gasteiger partial charge in [0.1, 0.15) is 17.0 Å². The SMILES string of the molecule is COc1ccc(-c2c(N)c3ncc(C(F)(F)F)cc3n(-c3ccc(OC(F)F)cc3)c2=O)cc1. The number of halogens is 5. The number of alkyl halides is 5. The number of nitrogens with zero attached hydrogens (tertiary/aromatic N) is 2. The molecule has 4 rings (SSSR count). The highest BCUT2D eigenvalue weighted by Gasteiger charge is 2.32. The second-order valence-electron chi connectivity index (χ2n) is 7.12. The van der Waals surface area contributed by atoms with Crippen LogP contribution in [-0.4, -0.2) is 23.3 Å². The van der Waals surface area contributed by atoms with Crippen LogP contribution in [0.4, 0.5) is 27.6 Å². The number of hydrogen-bond donors (Lipinski definition) is 1. The van der Waals surface area contributed by atoms with Crippen LogP contribution in [0.3, 0.4) is 0 Å². The molecule has 0 spiro atoms. The monoisotopic (exact) mass is 477 g/mol. The van der Waals surface area contributed by atoms with Gasteiger partial charge in [0.25, 0.3) is 5.56 Å². The summed E-state index contributed by atoms with van der Waals surface area (Å²) in [5.74, 6) is 0.335. The van der Waals surface area contributed by atoms with Gasteiger partial charge in [-0.25, -0.2) is 0 Å². The maximum absolute atomic E-state index is 13.6. The average Bonchev–Trinajstić information content (AvgIpc) is 2.79. The number of pyridine rings is 2. The minimum Gasteiger partial charge on any atom is -0.497 e. The fraction of sp³-hybridized carbons (Fsp3) is 0.130. The van der Waals surface area contributed by atoms with Crippen molar-refractivity contribution in [3.8, 4) is 28.3 Å². The Morgan fingerprint density at radius 3 is 2.18 bits per heavy atom. The molecule has 6 nitrogen and oxygen atoms in total. The molecule has 2 N–H and O–H groups in total. The second-order valence-corrected chi connectivity index (χ2v) is 7.12. The van der Waals surface area contributed by atoms with E-state index in [0.717, 1.165) is 10.6 Å². The lowest BCUT2D eigenvalue weighted by Gasteiger charge is -2.17. The van der Waals surface area contributed by atoms with E-state index in [0.29, 0.717) is 17.5 Å². The van der Waals surface area contributed by atoms with Crippen LogP contribution in [0.25, 0.3) is 27.8 Å². The summed E-state index contributed by atoms with van der Waals surface area (Å²) in [4.78, 5) is 17.5. The molecule has 2 aromatic heterocycles. The fourth-order valence-corrected chi connectivity index (χ4v) is 3.51. The molecule has 0 aliphatic carbocycles. The van der Waals surface area contributed by atoms with Crippen LogP contribution in [0.2, 0.25) is 0 Å². The summed E-state index contributed by atoms with van der Waals surface area (Å²) in [6.07, 6.45) is -4.09. The number of nitrogens with two attached hydrogens (primary N) is 1. The maximum Gasteiger partial charge on any atom is 0.417 e. The molecule has 11 heteroatoms. The van der Waals surface area contributed by atoms with E-state index in [2.05, 4.69) is 9.72 Å².